The van der Waals surface area contributed by atoms with Gasteiger partial charge in [-0.3, -0.25) is 15.0 Å². The van der Waals surface area contributed by atoms with E-state index in [1.165, 1.54) is 48.3 Å². The molecule has 2 aliphatic heterocycles. The molecule has 1 aliphatic carbocycles. The van der Waals surface area contributed by atoms with Crippen molar-refractivity contribution >= 4 is 40.4 Å². The third-order valence-electron chi connectivity index (χ3n) is 6.34. The highest BCUT2D eigenvalue weighted by Crippen LogP contribution is 2.67. The largest absolute Gasteiger partial charge is 0.475 e. The Labute approximate surface area is 194 Å². The third kappa shape index (κ3) is 3.59. The number of nitrogens with two attached hydrogens (primary N) is 1. The molecule has 0 amide bonds. The van der Waals surface area contributed by atoms with Gasteiger partial charge in [0.1, 0.15) is 22.5 Å². The molecule has 2 aromatic rings. The summed E-state index contributed by atoms with van der Waals surface area (Å²) in [6.07, 6.45) is 3.33. The highest BCUT2D eigenvalue weighted by Gasteiger charge is 2.70. The van der Waals surface area contributed by atoms with Gasteiger partial charge in [0, 0.05) is 17.7 Å². The van der Waals surface area contributed by atoms with Crippen molar-refractivity contribution in [3.05, 3.63) is 70.6 Å². The summed E-state index contributed by atoms with van der Waals surface area (Å²) in [4.78, 5) is 16.4. The highest BCUT2D eigenvalue weighted by atomic mass is 32.2. The molecule has 33 heavy (non-hydrogen) atoms. The van der Waals surface area contributed by atoms with E-state index in [-0.39, 0.29) is 17.7 Å². The van der Waals surface area contributed by atoms with Crippen LogP contribution in [0.15, 0.2) is 46.5 Å². The fraction of sp³-hybridized carbons (Fsp3) is 0.333. The molecule has 0 spiro atoms. The zero-order chi connectivity index (χ0) is 23.4. The molecule has 4 atom stereocenters. The Morgan fingerprint density at radius 1 is 1.36 bits per heavy atom. The minimum atomic E-state index is -0.938. The Kier molecular flexibility index (Phi) is 5.01. The molecule has 1 aromatic carbocycles. The number of thioether (sulfide) groups is 1. The molecule has 0 unspecified atom stereocenters. The monoisotopic (exact) mass is 465 g/mol. The smallest absolute Gasteiger partial charge is 0.205 e. The number of rotatable bonds is 4. The second-order valence-electron chi connectivity index (χ2n) is 8.67. The van der Waals surface area contributed by atoms with E-state index < -0.39 is 21.9 Å². The Balaban J connectivity index is 1.50. The topological polar surface area (TPSA) is 77.2 Å². The van der Waals surface area contributed by atoms with E-state index in [0.29, 0.717) is 34.4 Å². The van der Waals surface area contributed by atoms with Gasteiger partial charge in [-0.25, -0.2) is 13.6 Å². The Morgan fingerprint density at radius 2 is 2.18 bits per heavy atom. The van der Waals surface area contributed by atoms with E-state index in [0.717, 1.165) is 6.42 Å². The predicted molar refractivity (Wildman–Crippen MR) is 126 cm³/mol. The summed E-state index contributed by atoms with van der Waals surface area (Å²) in [5, 5.41) is 0.354. The minimum absolute atomic E-state index is 0.00760. The number of hydrogen-bond donors (Lipinski definition) is 1. The fourth-order valence-electron chi connectivity index (χ4n) is 4.60. The predicted octanol–water partition coefficient (Wildman–Crippen LogP) is 5.09. The van der Waals surface area contributed by atoms with E-state index in [9.17, 15) is 4.39 Å². The van der Waals surface area contributed by atoms with Crippen molar-refractivity contribution < 1.29 is 13.5 Å². The Bertz CT molecular complexity index is 1270. The average molecular weight is 466 g/mol. The number of amidine groups is 1. The third-order valence-corrected chi connectivity index (χ3v) is 7.63. The summed E-state index contributed by atoms with van der Waals surface area (Å²) in [6.45, 7) is 11.4. The van der Waals surface area contributed by atoms with Gasteiger partial charge in [0.25, 0.3) is 0 Å². The van der Waals surface area contributed by atoms with Crippen molar-refractivity contribution in [2.45, 2.75) is 36.7 Å². The van der Waals surface area contributed by atoms with Gasteiger partial charge in [0.15, 0.2) is 5.17 Å². The summed E-state index contributed by atoms with van der Waals surface area (Å²) in [5.41, 5.74) is 6.51. The zero-order valence-corrected chi connectivity index (χ0v) is 18.9. The van der Waals surface area contributed by atoms with Crippen molar-refractivity contribution in [2.24, 2.45) is 21.6 Å². The number of ether oxygens (including phenoxy) is 1. The molecule has 0 bridgehead atoms. The molecule has 3 aliphatic rings. The molecule has 0 saturated heterocycles. The molecular weight excluding hydrogens is 444 g/mol. The normalized spacial score (nSPS) is 30.6. The van der Waals surface area contributed by atoms with Crippen LogP contribution in [0.4, 0.5) is 14.5 Å². The maximum absolute atomic E-state index is 15.1. The van der Waals surface area contributed by atoms with E-state index in [1.54, 1.807) is 6.07 Å². The number of nitrogens with zero attached hydrogens (tertiary/aromatic N) is 4. The van der Waals surface area contributed by atoms with Crippen molar-refractivity contribution in [3.8, 4) is 0 Å². The molecule has 0 radical (unpaired) electrons. The maximum atomic E-state index is 15.1. The van der Waals surface area contributed by atoms with Crippen molar-refractivity contribution in [1.29, 1.82) is 0 Å². The number of aromatic nitrogens is 1. The van der Waals surface area contributed by atoms with Gasteiger partial charge < -0.3 is 10.5 Å². The molecule has 1 aromatic heterocycles. The minimum Gasteiger partial charge on any atom is -0.475 e. The van der Waals surface area contributed by atoms with E-state index >= 15 is 4.39 Å². The van der Waals surface area contributed by atoms with Crippen molar-refractivity contribution in [3.63, 3.8) is 0 Å². The zero-order valence-electron chi connectivity index (χ0n) is 18.0. The molecule has 9 heteroatoms. The van der Waals surface area contributed by atoms with E-state index in [4.69, 9.17) is 17.0 Å². The first-order valence-corrected chi connectivity index (χ1v) is 11.3. The molecule has 2 N–H and O–H groups in total. The standard InChI is InChI=1S/C24H21F2N5OS/c1-13-11-30-21(32-13)24-10-20(24)23(2,31-22(27)33-24)16-8-14(4-6-17(16)25)9-18(26)19-7-5-15(28-3)12-29-19/h4-9,12-13,20H,10-11H2,1-2H3,(H2,27,31)/b18-9-/t13-,20+,23-,24+/m1/s1. The van der Waals surface area contributed by atoms with Crippen LogP contribution in [0.25, 0.3) is 16.7 Å². The van der Waals surface area contributed by atoms with Gasteiger partial charge in [-0.2, -0.15) is 0 Å². The van der Waals surface area contributed by atoms with Gasteiger partial charge in [-0.1, -0.05) is 23.9 Å². The lowest BCUT2D eigenvalue weighted by atomic mass is 9.84. The number of pyridine rings is 1. The SMILES string of the molecule is [C-]#[N+]c1ccc(/C(F)=C/c2ccc(F)c([C@@]3(C)N=C(N)S[C@@]4(C5=NC[C@@H](C)O5)C[C@H]43)c2)nc1. The van der Waals surface area contributed by atoms with Gasteiger partial charge >= 0.3 is 0 Å². The molecule has 1 fully saturated rings. The van der Waals surface area contributed by atoms with E-state index in [1.807, 2.05) is 13.8 Å². The Morgan fingerprint density at radius 3 is 2.85 bits per heavy atom. The number of hydrogen-bond acceptors (Lipinski definition) is 6. The lowest BCUT2D eigenvalue weighted by Crippen LogP contribution is -2.40. The van der Waals surface area contributed by atoms with Crippen LogP contribution in [0.3, 0.4) is 0 Å². The molecule has 6 nitrogen and oxygen atoms in total. The molecule has 5 rings (SSSR count). The first kappa shape index (κ1) is 21.6. The van der Waals surface area contributed by atoms with Crippen LogP contribution >= 0.6 is 11.8 Å². The van der Waals surface area contributed by atoms with Gasteiger partial charge in [0.2, 0.25) is 11.6 Å². The average Bonchev–Trinajstić information content (AvgIpc) is 3.39. The first-order chi connectivity index (χ1) is 15.7. The number of benzene rings is 1. The number of fused-ring (bicyclic) bond motifs is 1. The van der Waals surface area contributed by atoms with Gasteiger partial charge in [-0.05, 0) is 50.1 Å². The summed E-state index contributed by atoms with van der Waals surface area (Å²) < 4.78 is 35.4. The fourth-order valence-corrected chi connectivity index (χ4v) is 6.03. The van der Waals surface area contributed by atoms with Crippen LogP contribution in [0.1, 0.15) is 37.1 Å². The summed E-state index contributed by atoms with van der Waals surface area (Å²) in [5.74, 6) is -0.403. The number of aliphatic imine (C=N–C) groups is 2. The first-order valence-electron chi connectivity index (χ1n) is 10.5. The molecule has 3 heterocycles. The lowest BCUT2D eigenvalue weighted by Gasteiger charge is -2.34. The van der Waals surface area contributed by atoms with Crippen LogP contribution in [-0.2, 0) is 10.3 Å². The summed E-state index contributed by atoms with van der Waals surface area (Å²) in [6, 6.07) is 7.37. The van der Waals surface area contributed by atoms with Gasteiger partial charge in [0.05, 0.1) is 24.3 Å². The molecule has 168 valence electrons. The highest BCUT2D eigenvalue weighted by molar-refractivity contribution is 8.15. The quantitative estimate of drug-likeness (QED) is 0.638. The maximum Gasteiger partial charge on any atom is 0.205 e. The lowest BCUT2D eigenvalue weighted by molar-refractivity contribution is 0.236. The van der Waals surface area contributed by atoms with Crippen LogP contribution in [-0.4, -0.2) is 33.4 Å². The summed E-state index contributed by atoms with van der Waals surface area (Å²) in [7, 11) is 0. The van der Waals surface area contributed by atoms with Crippen molar-refractivity contribution in [2.75, 3.05) is 6.54 Å². The second-order valence-corrected chi connectivity index (χ2v) is 10.0. The number of halogens is 2. The summed E-state index contributed by atoms with van der Waals surface area (Å²) >= 11 is 1.43. The van der Waals surface area contributed by atoms with Crippen LogP contribution in [0.5, 0.6) is 0 Å². The Hall–Kier alpha value is -3.25. The second kappa shape index (κ2) is 7.66. The molecular formula is C24H21F2N5OS. The van der Waals surface area contributed by atoms with Gasteiger partial charge in [-0.15, -0.1) is 0 Å². The van der Waals surface area contributed by atoms with Crippen LogP contribution in [0.2, 0.25) is 0 Å². The van der Waals surface area contributed by atoms with Crippen LogP contribution in [0, 0.1) is 18.3 Å². The molecule has 1 saturated carbocycles. The van der Waals surface area contributed by atoms with E-state index in [2.05, 4.69) is 19.8 Å². The van der Waals surface area contributed by atoms with Crippen molar-refractivity contribution in [1.82, 2.24) is 4.98 Å². The van der Waals surface area contributed by atoms with Crippen LogP contribution < -0.4 is 5.73 Å².